The fourth-order valence-electron chi connectivity index (χ4n) is 3.84. The second-order valence-electron chi connectivity index (χ2n) is 6.89. The number of nitrogens with zero attached hydrogens (tertiary/aromatic N) is 3. The quantitative estimate of drug-likeness (QED) is 0.630. The Hall–Kier alpha value is -2.89. The summed E-state index contributed by atoms with van der Waals surface area (Å²) >= 11 is 0. The minimum absolute atomic E-state index is 0.0965. The molecule has 1 amide bonds. The fraction of sp³-hybridized carbons (Fsp3) is 0.350. The number of fused-ring (bicyclic) bond motifs is 1. The number of hydrogen-bond acceptors (Lipinski definition) is 4. The van der Waals surface area contributed by atoms with Crippen molar-refractivity contribution < 1.29 is 9.72 Å². The molecule has 0 spiro atoms. The van der Waals surface area contributed by atoms with Crippen molar-refractivity contribution in [2.75, 3.05) is 31.1 Å². The third-order valence-corrected chi connectivity index (χ3v) is 5.34. The SMILES string of the molecule is O=C(c1ccc2c(c1)CCC2)N1CCN(c2ccc([N+](=O)[O-])cc2)CC1. The van der Waals surface area contributed by atoms with Crippen molar-refractivity contribution in [3.63, 3.8) is 0 Å². The number of nitro benzene ring substituents is 1. The molecule has 1 fully saturated rings. The van der Waals surface area contributed by atoms with Gasteiger partial charge >= 0.3 is 0 Å². The van der Waals surface area contributed by atoms with Gasteiger partial charge in [0.2, 0.25) is 0 Å². The highest BCUT2D eigenvalue weighted by Gasteiger charge is 2.23. The fourth-order valence-corrected chi connectivity index (χ4v) is 3.84. The van der Waals surface area contributed by atoms with Gasteiger partial charge in [0, 0.05) is 49.6 Å². The Morgan fingerprint density at radius 3 is 2.31 bits per heavy atom. The summed E-state index contributed by atoms with van der Waals surface area (Å²) in [7, 11) is 0. The molecule has 26 heavy (non-hydrogen) atoms. The molecule has 0 unspecified atom stereocenters. The summed E-state index contributed by atoms with van der Waals surface area (Å²) in [4.78, 5) is 27.2. The van der Waals surface area contributed by atoms with Gasteiger partial charge in [-0.2, -0.15) is 0 Å². The number of piperazine rings is 1. The Morgan fingerprint density at radius 1 is 0.923 bits per heavy atom. The minimum Gasteiger partial charge on any atom is -0.368 e. The van der Waals surface area contributed by atoms with E-state index in [1.54, 1.807) is 12.1 Å². The maximum absolute atomic E-state index is 12.8. The molecular formula is C20H21N3O3. The van der Waals surface area contributed by atoms with Gasteiger partial charge in [-0.1, -0.05) is 6.07 Å². The number of anilines is 1. The van der Waals surface area contributed by atoms with Crippen molar-refractivity contribution in [3.8, 4) is 0 Å². The van der Waals surface area contributed by atoms with Crippen LogP contribution >= 0.6 is 0 Å². The summed E-state index contributed by atoms with van der Waals surface area (Å²) in [5.41, 5.74) is 4.54. The van der Waals surface area contributed by atoms with Crippen molar-refractivity contribution in [3.05, 3.63) is 69.3 Å². The molecule has 1 saturated heterocycles. The molecule has 4 rings (SSSR count). The summed E-state index contributed by atoms with van der Waals surface area (Å²) in [5, 5.41) is 10.8. The van der Waals surface area contributed by atoms with Gasteiger partial charge in [-0.25, -0.2) is 0 Å². The highest BCUT2D eigenvalue weighted by atomic mass is 16.6. The lowest BCUT2D eigenvalue weighted by Crippen LogP contribution is -2.48. The number of non-ortho nitro benzene ring substituents is 1. The zero-order valence-corrected chi connectivity index (χ0v) is 14.6. The molecule has 0 atom stereocenters. The van der Waals surface area contributed by atoms with Crippen LogP contribution < -0.4 is 4.90 Å². The van der Waals surface area contributed by atoms with E-state index in [1.807, 2.05) is 11.0 Å². The van der Waals surface area contributed by atoms with E-state index in [0.717, 1.165) is 37.2 Å². The summed E-state index contributed by atoms with van der Waals surface area (Å²) in [6, 6.07) is 12.7. The van der Waals surface area contributed by atoms with E-state index in [1.165, 1.54) is 29.7 Å². The van der Waals surface area contributed by atoms with Crippen LogP contribution in [0.25, 0.3) is 0 Å². The van der Waals surface area contributed by atoms with Gasteiger partial charge in [0.1, 0.15) is 0 Å². The molecule has 1 aliphatic heterocycles. The summed E-state index contributed by atoms with van der Waals surface area (Å²) in [6.45, 7) is 2.78. The van der Waals surface area contributed by atoms with E-state index in [-0.39, 0.29) is 11.6 Å². The molecule has 0 saturated carbocycles. The number of aryl methyl sites for hydroxylation is 2. The van der Waals surface area contributed by atoms with Gasteiger partial charge < -0.3 is 9.80 Å². The second-order valence-corrected chi connectivity index (χ2v) is 6.89. The standard InChI is InChI=1S/C20H21N3O3/c24-20(17-5-4-15-2-1-3-16(15)14-17)22-12-10-21(11-13-22)18-6-8-19(9-7-18)23(25)26/h4-9,14H,1-3,10-13H2. The molecule has 6 heteroatoms. The first-order valence-corrected chi connectivity index (χ1v) is 9.02. The normalized spacial score (nSPS) is 16.5. The minimum atomic E-state index is -0.392. The van der Waals surface area contributed by atoms with Crippen LogP contribution in [0.3, 0.4) is 0 Å². The monoisotopic (exact) mass is 351 g/mol. The van der Waals surface area contributed by atoms with E-state index in [4.69, 9.17) is 0 Å². The van der Waals surface area contributed by atoms with Crippen molar-refractivity contribution in [1.29, 1.82) is 0 Å². The van der Waals surface area contributed by atoms with Crippen LogP contribution in [-0.4, -0.2) is 41.9 Å². The van der Waals surface area contributed by atoms with Crippen LogP contribution in [0.5, 0.6) is 0 Å². The predicted molar refractivity (Wildman–Crippen MR) is 99.7 cm³/mol. The molecule has 134 valence electrons. The Bertz CT molecular complexity index is 840. The molecule has 0 bridgehead atoms. The van der Waals surface area contributed by atoms with Crippen LogP contribution in [-0.2, 0) is 12.8 Å². The third kappa shape index (κ3) is 3.14. The number of amides is 1. The first kappa shape index (κ1) is 16.6. The highest BCUT2D eigenvalue weighted by Crippen LogP contribution is 2.24. The molecule has 2 aromatic rings. The molecule has 1 aliphatic carbocycles. The topological polar surface area (TPSA) is 66.7 Å². The molecule has 2 aliphatic rings. The lowest BCUT2D eigenvalue weighted by molar-refractivity contribution is -0.384. The third-order valence-electron chi connectivity index (χ3n) is 5.34. The van der Waals surface area contributed by atoms with Crippen molar-refractivity contribution in [2.45, 2.75) is 19.3 Å². The Balaban J connectivity index is 1.40. The average molecular weight is 351 g/mol. The van der Waals surface area contributed by atoms with Crippen LogP contribution in [0, 0.1) is 10.1 Å². The van der Waals surface area contributed by atoms with Crippen LogP contribution in [0.15, 0.2) is 42.5 Å². The number of nitro groups is 1. The number of carbonyl (C=O) groups is 1. The van der Waals surface area contributed by atoms with Crippen LogP contribution in [0.4, 0.5) is 11.4 Å². The van der Waals surface area contributed by atoms with Crippen molar-refractivity contribution in [1.82, 2.24) is 4.90 Å². The van der Waals surface area contributed by atoms with Crippen LogP contribution in [0.1, 0.15) is 27.9 Å². The number of rotatable bonds is 3. The second kappa shape index (κ2) is 6.78. The summed E-state index contributed by atoms with van der Waals surface area (Å²) < 4.78 is 0. The lowest BCUT2D eigenvalue weighted by Gasteiger charge is -2.36. The molecule has 0 radical (unpaired) electrons. The zero-order chi connectivity index (χ0) is 18.1. The maximum atomic E-state index is 12.8. The van der Waals surface area contributed by atoms with E-state index >= 15 is 0 Å². The smallest absolute Gasteiger partial charge is 0.269 e. The van der Waals surface area contributed by atoms with E-state index < -0.39 is 4.92 Å². The van der Waals surface area contributed by atoms with Gasteiger partial charge in [-0.15, -0.1) is 0 Å². The first-order chi connectivity index (χ1) is 12.6. The van der Waals surface area contributed by atoms with E-state index in [0.29, 0.717) is 13.1 Å². The van der Waals surface area contributed by atoms with Crippen molar-refractivity contribution in [2.24, 2.45) is 0 Å². The predicted octanol–water partition coefficient (Wildman–Crippen LogP) is 3.05. The number of hydrogen-bond donors (Lipinski definition) is 0. The first-order valence-electron chi connectivity index (χ1n) is 9.02. The van der Waals surface area contributed by atoms with Gasteiger partial charge in [0.05, 0.1) is 4.92 Å². The van der Waals surface area contributed by atoms with E-state index in [2.05, 4.69) is 17.0 Å². The number of benzene rings is 2. The Labute approximate surface area is 152 Å². The lowest BCUT2D eigenvalue weighted by atomic mass is 10.1. The van der Waals surface area contributed by atoms with Gasteiger partial charge in [0.15, 0.2) is 0 Å². The van der Waals surface area contributed by atoms with Gasteiger partial charge in [-0.05, 0) is 54.7 Å². The molecule has 1 heterocycles. The summed E-state index contributed by atoms with van der Waals surface area (Å²) in [5.74, 6) is 0.100. The Morgan fingerprint density at radius 2 is 1.62 bits per heavy atom. The van der Waals surface area contributed by atoms with Gasteiger partial charge in [0.25, 0.3) is 11.6 Å². The Kier molecular flexibility index (Phi) is 4.32. The largest absolute Gasteiger partial charge is 0.368 e. The van der Waals surface area contributed by atoms with Gasteiger partial charge in [-0.3, -0.25) is 14.9 Å². The van der Waals surface area contributed by atoms with E-state index in [9.17, 15) is 14.9 Å². The molecule has 2 aromatic carbocycles. The molecular weight excluding hydrogens is 330 g/mol. The zero-order valence-electron chi connectivity index (χ0n) is 14.6. The molecule has 6 nitrogen and oxygen atoms in total. The highest BCUT2D eigenvalue weighted by molar-refractivity contribution is 5.94. The maximum Gasteiger partial charge on any atom is 0.269 e. The molecule has 0 aromatic heterocycles. The summed E-state index contributed by atoms with van der Waals surface area (Å²) in [6.07, 6.45) is 3.38. The average Bonchev–Trinajstić information content (AvgIpc) is 3.15. The van der Waals surface area contributed by atoms with Crippen molar-refractivity contribution >= 4 is 17.3 Å². The number of carbonyl (C=O) groups excluding carboxylic acids is 1. The van der Waals surface area contributed by atoms with Crippen LogP contribution in [0.2, 0.25) is 0 Å². The molecule has 0 N–H and O–H groups in total.